The predicted octanol–water partition coefficient (Wildman–Crippen LogP) is 6.27. The molecule has 0 aliphatic heterocycles. The van der Waals surface area contributed by atoms with Crippen LogP contribution in [0.4, 0.5) is 5.69 Å². The first-order valence-electron chi connectivity index (χ1n) is 10.1. The van der Waals surface area contributed by atoms with Gasteiger partial charge in [-0.1, -0.05) is 80.9 Å². The highest BCUT2D eigenvalue weighted by Gasteiger charge is 2.23. The number of ketones is 1. The van der Waals surface area contributed by atoms with Crippen LogP contribution >= 0.6 is 11.6 Å². The van der Waals surface area contributed by atoms with Gasteiger partial charge in [-0.15, -0.1) is 0 Å². The standard InChI is InChI=1S/C26H26ClNO3/c1-17(31-23-13-9-8-12-21(23)26(2,3)4)25(30)28-22-15-14-19(27)16-20(22)24(29)18-10-6-5-7-11-18/h5-17H,1-4H3,(H,28,30). The second-order valence-electron chi connectivity index (χ2n) is 8.38. The van der Waals surface area contributed by atoms with Gasteiger partial charge in [-0.25, -0.2) is 0 Å². The lowest BCUT2D eigenvalue weighted by atomic mass is 9.86. The van der Waals surface area contributed by atoms with Crippen LogP contribution in [-0.4, -0.2) is 17.8 Å². The number of anilines is 1. The lowest BCUT2D eigenvalue weighted by molar-refractivity contribution is -0.122. The fraction of sp³-hybridized carbons (Fsp3) is 0.231. The SMILES string of the molecule is CC(Oc1ccccc1C(C)(C)C)C(=O)Nc1ccc(Cl)cc1C(=O)c1ccccc1. The molecule has 1 unspecified atom stereocenters. The molecule has 0 bridgehead atoms. The van der Waals surface area contributed by atoms with Crippen LogP contribution in [0.3, 0.4) is 0 Å². The van der Waals surface area contributed by atoms with Gasteiger partial charge in [0.2, 0.25) is 0 Å². The molecule has 31 heavy (non-hydrogen) atoms. The molecule has 0 spiro atoms. The van der Waals surface area contributed by atoms with Crippen molar-refractivity contribution in [2.24, 2.45) is 0 Å². The van der Waals surface area contributed by atoms with E-state index >= 15 is 0 Å². The second kappa shape index (κ2) is 9.36. The summed E-state index contributed by atoms with van der Waals surface area (Å²) in [4.78, 5) is 25.9. The largest absolute Gasteiger partial charge is 0.481 e. The number of amides is 1. The van der Waals surface area contributed by atoms with E-state index in [1.165, 1.54) is 0 Å². The molecular weight excluding hydrogens is 410 g/mol. The molecule has 0 heterocycles. The third-order valence-corrected chi connectivity index (χ3v) is 5.12. The molecule has 1 amide bonds. The number of nitrogens with one attached hydrogen (secondary N) is 1. The Labute approximate surface area is 188 Å². The van der Waals surface area contributed by atoms with Crippen LogP contribution < -0.4 is 10.1 Å². The zero-order chi connectivity index (χ0) is 22.6. The lowest BCUT2D eigenvalue weighted by Gasteiger charge is -2.24. The molecule has 3 aromatic carbocycles. The summed E-state index contributed by atoms with van der Waals surface area (Å²) in [6.07, 6.45) is -0.765. The van der Waals surface area contributed by atoms with Crippen LogP contribution in [0.15, 0.2) is 72.8 Å². The summed E-state index contributed by atoms with van der Waals surface area (Å²) in [5.74, 6) is 0.0903. The number of benzene rings is 3. The topological polar surface area (TPSA) is 55.4 Å². The first kappa shape index (κ1) is 22.6. The molecule has 3 rings (SSSR count). The van der Waals surface area contributed by atoms with Crippen molar-refractivity contribution in [3.05, 3.63) is 94.5 Å². The molecule has 0 fully saturated rings. The van der Waals surface area contributed by atoms with Gasteiger partial charge in [0.1, 0.15) is 5.75 Å². The zero-order valence-corrected chi connectivity index (χ0v) is 18.9. The highest BCUT2D eigenvalue weighted by Crippen LogP contribution is 2.32. The number of ether oxygens (including phenoxy) is 1. The maximum atomic E-state index is 13.0. The fourth-order valence-electron chi connectivity index (χ4n) is 3.23. The minimum absolute atomic E-state index is 0.127. The average Bonchev–Trinajstić information content (AvgIpc) is 2.74. The Kier molecular flexibility index (Phi) is 6.81. The van der Waals surface area contributed by atoms with Gasteiger partial charge in [-0.2, -0.15) is 0 Å². The lowest BCUT2D eigenvalue weighted by Crippen LogP contribution is -2.31. The molecule has 160 valence electrons. The molecule has 3 aromatic rings. The van der Waals surface area contributed by atoms with Crippen molar-refractivity contribution in [1.82, 2.24) is 0 Å². The van der Waals surface area contributed by atoms with Crippen LogP contribution in [0.25, 0.3) is 0 Å². The maximum Gasteiger partial charge on any atom is 0.265 e. The Morgan fingerprint density at radius 2 is 1.58 bits per heavy atom. The van der Waals surface area contributed by atoms with Gasteiger partial charge in [0.25, 0.3) is 5.91 Å². The van der Waals surface area contributed by atoms with Crippen LogP contribution in [0, 0.1) is 0 Å². The van der Waals surface area contributed by atoms with Gasteiger partial charge >= 0.3 is 0 Å². The summed E-state index contributed by atoms with van der Waals surface area (Å²) < 4.78 is 5.99. The minimum Gasteiger partial charge on any atom is -0.481 e. The third-order valence-electron chi connectivity index (χ3n) is 4.89. The Morgan fingerprint density at radius 3 is 2.26 bits per heavy atom. The Balaban J connectivity index is 1.82. The van der Waals surface area contributed by atoms with E-state index in [-0.39, 0.29) is 17.1 Å². The molecule has 1 N–H and O–H groups in total. The van der Waals surface area contributed by atoms with Crippen molar-refractivity contribution in [3.8, 4) is 5.75 Å². The number of para-hydroxylation sites is 1. The number of carbonyl (C=O) groups excluding carboxylic acids is 2. The van der Waals surface area contributed by atoms with Crippen molar-refractivity contribution in [2.45, 2.75) is 39.2 Å². The molecule has 1 atom stereocenters. The van der Waals surface area contributed by atoms with Crippen molar-refractivity contribution >= 4 is 29.0 Å². The predicted molar refractivity (Wildman–Crippen MR) is 125 cm³/mol. The molecule has 0 aliphatic carbocycles. The van der Waals surface area contributed by atoms with Crippen molar-refractivity contribution in [3.63, 3.8) is 0 Å². The molecular formula is C26H26ClNO3. The van der Waals surface area contributed by atoms with Crippen LogP contribution in [-0.2, 0) is 10.2 Å². The summed E-state index contributed by atoms with van der Waals surface area (Å²) in [5.41, 5.74) is 2.13. The smallest absolute Gasteiger partial charge is 0.265 e. The van der Waals surface area contributed by atoms with Crippen LogP contribution in [0.1, 0.15) is 49.2 Å². The summed E-state index contributed by atoms with van der Waals surface area (Å²) in [5, 5.41) is 3.24. The monoisotopic (exact) mass is 435 g/mol. The maximum absolute atomic E-state index is 13.0. The average molecular weight is 436 g/mol. The highest BCUT2D eigenvalue weighted by molar-refractivity contribution is 6.31. The van der Waals surface area contributed by atoms with E-state index < -0.39 is 6.10 Å². The minimum atomic E-state index is -0.765. The number of hydrogen-bond acceptors (Lipinski definition) is 3. The van der Waals surface area contributed by atoms with Gasteiger partial charge < -0.3 is 10.1 Å². The summed E-state index contributed by atoms with van der Waals surface area (Å²) in [6.45, 7) is 7.96. The number of rotatable bonds is 6. The van der Waals surface area contributed by atoms with E-state index in [1.807, 2.05) is 30.3 Å². The van der Waals surface area contributed by atoms with Gasteiger partial charge in [0, 0.05) is 16.1 Å². The first-order valence-corrected chi connectivity index (χ1v) is 10.5. The normalized spacial score (nSPS) is 12.2. The van der Waals surface area contributed by atoms with E-state index in [0.717, 1.165) is 5.56 Å². The number of carbonyl (C=O) groups is 2. The zero-order valence-electron chi connectivity index (χ0n) is 18.1. The molecule has 0 saturated carbocycles. The van der Waals surface area contributed by atoms with E-state index in [9.17, 15) is 9.59 Å². The Bertz CT molecular complexity index is 1090. The summed E-state index contributed by atoms with van der Waals surface area (Å²) in [7, 11) is 0. The molecule has 0 saturated heterocycles. The van der Waals surface area contributed by atoms with Crippen molar-refractivity contribution in [2.75, 3.05) is 5.32 Å². The van der Waals surface area contributed by atoms with Crippen molar-refractivity contribution < 1.29 is 14.3 Å². The Morgan fingerprint density at radius 1 is 0.935 bits per heavy atom. The number of hydrogen-bond donors (Lipinski definition) is 1. The summed E-state index contributed by atoms with van der Waals surface area (Å²) >= 11 is 6.13. The number of halogens is 1. The van der Waals surface area contributed by atoms with Gasteiger partial charge in [0.05, 0.1) is 5.69 Å². The Hall–Kier alpha value is -3.11. The van der Waals surface area contributed by atoms with Crippen molar-refractivity contribution in [1.29, 1.82) is 0 Å². The van der Waals surface area contributed by atoms with Gasteiger partial charge in [-0.05, 0) is 42.2 Å². The van der Waals surface area contributed by atoms with Crippen LogP contribution in [0.5, 0.6) is 5.75 Å². The van der Waals surface area contributed by atoms with E-state index in [4.69, 9.17) is 16.3 Å². The quantitative estimate of drug-likeness (QED) is 0.464. The second-order valence-corrected chi connectivity index (χ2v) is 8.82. The van der Waals surface area contributed by atoms with Crippen LogP contribution in [0.2, 0.25) is 5.02 Å². The summed E-state index contributed by atoms with van der Waals surface area (Å²) in [6, 6.07) is 21.4. The molecule has 0 aromatic heterocycles. The van der Waals surface area contributed by atoms with Gasteiger partial charge in [0.15, 0.2) is 11.9 Å². The molecule has 0 aliphatic rings. The fourth-order valence-corrected chi connectivity index (χ4v) is 3.40. The first-order chi connectivity index (χ1) is 14.7. The molecule has 4 nitrogen and oxygen atoms in total. The molecule has 5 heteroatoms. The van der Waals surface area contributed by atoms with E-state index in [1.54, 1.807) is 49.4 Å². The van der Waals surface area contributed by atoms with E-state index in [0.29, 0.717) is 27.6 Å². The third kappa shape index (κ3) is 5.53. The molecule has 0 radical (unpaired) electrons. The highest BCUT2D eigenvalue weighted by atomic mass is 35.5. The van der Waals surface area contributed by atoms with Gasteiger partial charge in [-0.3, -0.25) is 9.59 Å². The van der Waals surface area contributed by atoms with E-state index in [2.05, 4.69) is 26.1 Å².